The lowest BCUT2D eigenvalue weighted by molar-refractivity contribution is -0.117. The lowest BCUT2D eigenvalue weighted by atomic mass is 10.0. The van der Waals surface area contributed by atoms with E-state index in [0.717, 1.165) is 22.3 Å². The zero-order chi connectivity index (χ0) is 13.9. The van der Waals surface area contributed by atoms with Gasteiger partial charge < -0.3 is 5.32 Å². The summed E-state index contributed by atoms with van der Waals surface area (Å²) in [6.07, 6.45) is 0. The van der Waals surface area contributed by atoms with Crippen molar-refractivity contribution in [1.82, 2.24) is 0 Å². The van der Waals surface area contributed by atoms with Gasteiger partial charge in [0, 0.05) is 21.7 Å². The Morgan fingerprint density at radius 2 is 1.95 bits per heavy atom. The lowest BCUT2D eigenvalue weighted by Gasteiger charge is -2.12. The predicted molar refractivity (Wildman–Crippen MR) is 87.6 cm³/mol. The van der Waals surface area contributed by atoms with Crippen molar-refractivity contribution in [2.24, 2.45) is 0 Å². The van der Waals surface area contributed by atoms with E-state index < -0.39 is 0 Å². The molecule has 1 aliphatic rings. The Balaban J connectivity index is 1.74. The number of alkyl halides is 1. The Morgan fingerprint density at radius 1 is 1.20 bits per heavy atom. The fraction of sp³-hybridized carbons (Fsp3) is 0.188. The van der Waals surface area contributed by atoms with Gasteiger partial charge in [0.05, 0.1) is 5.92 Å². The van der Waals surface area contributed by atoms with Gasteiger partial charge in [0.1, 0.15) is 0 Å². The Labute approximate surface area is 131 Å². The first kappa shape index (κ1) is 13.7. The van der Waals surface area contributed by atoms with Crippen LogP contribution in [0, 0.1) is 0 Å². The molecule has 20 heavy (non-hydrogen) atoms. The van der Waals surface area contributed by atoms with Gasteiger partial charge in [-0.3, -0.25) is 4.79 Å². The molecule has 2 nitrogen and oxygen atoms in total. The maximum Gasteiger partial charge on any atom is 0.232 e. The molecule has 1 atom stereocenters. The third kappa shape index (κ3) is 2.76. The smallest absolute Gasteiger partial charge is 0.232 e. The van der Waals surface area contributed by atoms with Gasteiger partial charge in [0.25, 0.3) is 0 Å². The van der Waals surface area contributed by atoms with Crippen LogP contribution in [0.2, 0.25) is 0 Å². The monoisotopic (exact) mass is 347 g/mol. The highest BCUT2D eigenvalue weighted by atomic mass is 79.9. The number of fused-ring (bicyclic) bond motifs is 1. The average Bonchev–Trinajstić information content (AvgIpc) is 2.92. The summed E-state index contributed by atoms with van der Waals surface area (Å²) in [5.74, 6) is 0.853. The molecule has 0 aromatic heterocycles. The summed E-state index contributed by atoms with van der Waals surface area (Å²) in [4.78, 5) is 13.6. The molecule has 1 heterocycles. The molecule has 0 radical (unpaired) electrons. The fourth-order valence-electron chi connectivity index (χ4n) is 2.29. The van der Waals surface area contributed by atoms with Gasteiger partial charge in [-0.15, -0.1) is 11.8 Å². The van der Waals surface area contributed by atoms with Crippen molar-refractivity contribution < 1.29 is 4.79 Å². The quantitative estimate of drug-likeness (QED) is 0.833. The Kier molecular flexibility index (Phi) is 4.13. The molecule has 1 N–H and O–H groups in total. The molecule has 2 aromatic rings. The first-order chi connectivity index (χ1) is 9.78. The largest absolute Gasteiger partial charge is 0.326 e. The van der Waals surface area contributed by atoms with Crippen molar-refractivity contribution in [2.75, 3.05) is 11.1 Å². The van der Waals surface area contributed by atoms with Crippen LogP contribution < -0.4 is 5.32 Å². The number of hydrogen-bond donors (Lipinski definition) is 1. The zero-order valence-electron chi connectivity index (χ0n) is 10.8. The van der Waals surface area contributed by atoms with Crippen molar-refractivity contribution in [3.63, 3.8) is 0 Å². The van der Waals surface area contributed by atoms with Crippen molar-refractivity contribution in [3.8, 4) is 0 Å². The van der Waals surface area contributed by atoms with Gasteiger partial charge in [-0.2, -0.15) is 0 Å². The summed E-state index contributed by atoms with van der Waals surface area (Å²) in [7, 11) is 0. The van der Waals surface area contributed by atoms with Gasteiger partial charge in [0.2, 0.25) is 5.91 Å². The second kappa shape index (κ2) is 6.02. The number of carbonyl (C=O) groups is 1. The molecule has 0 bridgehead atoms. The second-order valence-corrected chi connectivity index (χ2v) is 6.34. The van der Waals surface area contributed by atoms with Crippen LogP contribution in [0.25, 0.3) is 0 Å². The molecule has 102 valence electrons. The summed E-state index contributed by atoms with van der Waals surface area (Å²) < 4.78 is 0. The molecule has 0 fully saturated rings. The molecule has 0 saturated carbocycles. The molecule has 0 aliphatic carbocycles. The minimum Gasteiger partial charge on any atom is -0.326 e. The van der Waals surface area contributed by atoms with E-state index in [2.05, 4.69) is 27.3 Å². The summed E-state index contributed by atoms with van der Waals surface area (Å²) in [5.41, 5.74) is 3.20. The second-order valence-electron chi connectivity index (χ2n) is 4.72. The number of carbonyl (C=O) groups excluding carboxylic acids is 1. The SMILES string of the molecule is O=C(Nc1ccc(CBr)cc1)C1CSc2ccccc21. The minimum absolute atomic E-state index is 0.0490. The highest BCUT2D eigenvalue weighted by Gasteiger charge is 2.28. The van der Waals surface area contributed by atoms with Gasteiger partial charge in [-0.1, -0.05) is 46.3 Å². The number of benzene rings is 2. The molecule has 0 spiro atoms. The number of nitrogens with one attached hydrogen (secondary N) is 1. The van der Waals surface area contributed by atoms with Crippen LogP contribution in [-0.4, -0.2) is 11.7 Å². The van der Waals surface area contributed by atoms with Crippen molar-refractivity contribution in [3.05, 3.63) is 59.7 Å². The number of halogens is 1. The number of amides is 1. The van der Waals surface area contributed by atoms with Crippen LogP contribution in [0.15, 0.2) is 53.4 Å². The van der Waals surface area contributed by atoms with Gasteiger partial charge in [-0.25, -0.2) is 0 Å². The van der Waals surface area contributed by atoms with Crippen LogP contribution in [0.5, 0.6) is 0 Å². The Hall–Kier alpha value is -1.26. The molecule has 3 rings (SSSR count). The fourth-order valence-corrected chi connectivity index (χ4v) is 3.89. The van der Waals surface area contributed by atoms with Crippen molar-refractivity contribution >= 4 is 39.3 Å². The third-order valence-electron chi connectivity index (χ3n) is 3.39. The van der Waals surface area contributed by atoms with Crippen LogP contribution in [0.4, 0.5) is 5.69 Å². The molecule has 2 aromatic carbocycles. The Bertz CT molecular complexity index is 627. The van der Waals surface area contributed by atoms with Gasteiger partial charge >= 0.3 is 0 Å². The average molecular weight is 348 g/mol. The maximum absolute atomic E-state index is 12.4. The number of thioether (sulfide) groups is 1. The van der Waals surface area contributed by atoms with E-state index in [1.54, 1.807) is 11.8 Å². The molecule has 4 heteroatoms. The third-order valence-corrected chi connectivity index (χ3v) is 5.22. The van der Waals surface area contributed by atoms with E-state index in [9.17, 15) is 4.79 Å². The topological polar surface area (TPSA) is 29.1 Å². The highest BCUT2D eigenvalue weighted by Crippen LogP contribution is 2.39. The maximum atomic E-state index is 12.4. The summed E-state index contributed by atoms with van der Waals surface area (Å²) in [6, 6.07) is 16.1. The summed E-state index contributed by atoms with van der Waals surface area (Å²) in [6.45, 7) is 0. The van der Waals surface area contributed by atoms with Crippen LogP contribution >= 0.6 is 27.7 Å². The van der Waals surface area contributed by atoms with Gasteiger partial charge in [-0.05, 0) is 29.3 Å². The predicted octanol–water partition coefficient (Wildman–Crippen LogP) is 4.41. The van der Waals surface area contributed by atoms with Crippen LogP contribution in [0.1, 0.15) is 17.0 Å². The number of rotatable bonds is 3. The molecule has 1 amide bonds. The van der Waals surface area contributed by atoms with E-state index >= 15 is 0 Å². The Morgan fingerprint density at radius 3 is 2.70 bits per heavy atom. The van der Waals surface area contributed by atoms with E-state index in [0.29, 0.717) is 0 Å². The van der Waals surface area contributed by atoms with E-state index in [4.69, 9.17) is 0 Å². The first-order valence-corrected chi connectivity index (χ1v) is 8.56. The molecular formula is C16H14BrNOS. The van der Waals surface area contributed by atoms with E-state index in [1.165, 1.54) is 10.5 Å². The normalized spacial score (nSPS) is 16.8. The first-order valence-electron chi connectivity index (χ1n) is 6.45. The number of hydrogen-bond acceptors (Lipinski definition) is 2. The van der Waals surface area contributed by atoms with E-state index in [1.807, 2.05) is 42.5 Å². The van der Waals surface area contributed by atoms with E-state index in [-0.39, 0.29) is 11.8 Å². The summed E-state index contributed by atoms with van der Waals surface area (Å²) >= 11 is 5.17. The van der Waals surface area contributed by atoms with Gasteiger partial charge in [0.15, 0.2) is 0 Å². The minimum atomic E-state index is -0.0490. The van der Waals surface area contributed by atoms with Crippen LogP contribution in [-0.2, 0) is 10.1 Å². The molecule has 1 unspecified atom stereocenters. The van der Waals surface area contributed by atoms with Crippen LogP contribution in [0.3, 0.4) is 0 Å². The summed E-state index contributed by atoms with van der Waals surface area (Å²) in [5, 5.41) is 3.84. The molecule has 1 aliphatic heterocycles. The standard InChI is InChI=1S/C16H14BrNOS/c17-9-11-5-7-12(8-6-11)18-16(19)14-10-20-15-4-2-1-3-13(14)15/h1-8,14H,9-10H2,(H,18,19). The lowest BCUT2D eigenvalue weighted by Crippen LogP contribution is -2.20. The number of anilines is 1. The van der Waals surface area contributed by atoms with Crippen molar-refractivity contribution in [2.45, 2.75) is 16.1 Å². The van der Waals surface area contributed by atoms with Crippen molar-refractivity contribution in [1.29, 1.82) is 0 Å². The molecule has 0 saturated heterocycles. The highest BCUT2D eigenvalue weighted by molar-refractivity contribution is 9.08. The zero-order valence-corrected chi connectivity index (χ0v) is 13.2. The molecular weight excluding hydrogens is 334 g/mol.